The van der Waals surface area contributed by atoms with Gasteiger partial charge in [0.1, 0.15) is 12.6 Å². The highest BCUT2D eigenvalue weighted by Crippen LogP contribution is 2.15. The van der Waals surface area contributed by atoms with E-state index in [0.29, 0.717) is 0 Å². The predicted octanol–water partition coefficient (Wildman–Crippen LogP) is 0.883. The van der Waals surface area contributed by atoms with Crippen molar-refractivity contribution in [1.29, 1.82) is 0 Å². The molecule has 2 amide bonds. The van der Waals surface area contributed by atoms with E-state index in [1.54, 1.807) is 6.21 Å². The maximum Gasteiger partial charge on any atom is 0.477 e. The molecule has 1 saturated heterocycles. The number of nitrogens with zero attached hydrogens (tertiary/aromatic N) is 2. The summed E-state index contributed by atoms with van der Waals surface area (Å²) < 4.78 is 10.9. The van der Waals surface area contributed by atoms with E-state index in [0.717, 1.165) is 16.6 Å². The van der Waals surface area contributed by atoms with Gasteiger partial charge in [0.25, 0.3) is 5.91 Å². The minimum atomic E-state index is -0.836. The fraction of sp³-hybridized carbons (Fsp3) is 0.167. The van der Waals surface area contributed by atoms with E-state index in [-0.39, 0.29) is 19.1 Å². The Hall–Kier alpha value is -3.13. The second-order valence-electron chi connectivity index (χ2n) is 6.00. The van der Waals surface area contributed by atoms with Crippen LogP contribution in [0, 0.1) is 0 Å². The summed E-state index contributed by atoms with van der Waals surface area (Å²) in [6.07, 6.45) is 0.944. The third-order valence-corrected chi connectivity index (χ3v) is 4.25. The number of hydrazone groups is 1. The minimum absolute atomic E-state index is 0.0598. The van der Waals surface area contributed by atoms with Crippen LogP contribution in [0.5, 0.6) is 0 Å². The summed E-state index contributed by atoms with van der Waals surface area (Å²) >= 11 is 0. The lowest BCUT2D eigenvalue weighted by Gasteiger charge is -2.36. The fourth-order valence-electron chi connectivity index (χ4n) is 2.93. The molecule has 1 atom stereocenters. The molecule has 26 heavy (non-hydrogen) atoms. The Morgan fingerprint density at radius 1 is 1.23 bits per heavy atom. The zero-order valence-corrected chi connectivity index (χ0v) is 13.9. The second kappa shape index (κ2) is 7.01. The highest BCUT2D eigenvalue weighted by molar-refractivity contribution is 6.69. The van der Waals surface area contributed by atoms with Crippen LogP contribution in [0.3, 0.4) is 0 Å². The molecule has 2 aromatic carbocycles. The molecule has 4 rings (SSSR count). The van der Waals surface area contributed by atoms with Crippen molar-refractivity contribution in [2.45, 2.75) is 12.6 Å². The van der Waals surface area contributed by atoms with Crippen LogP contribution in [0.1, 0.15) is 11.1 Å². The van der Waals surface area contributed by atoms with Crippen LogP contribution in [0.25, 0.3) is 0 Å². The Kier molecular flexibility index (Phi) is 4.41. The number of rotatable bonds is 3. The molecule has 0 aromatic heterocycles. The lowest BCUT2D eigenvalue weighted by Crippen LogP contribution is -2.65. The molecule has 0 bridgehead atoms. The number of hydrogen-bond acceptors (Lipinski definition) is 5. The minimum Gasteiger partial charge on any atom is -0.445 e. The summed E-state index contributed by atoms with van der Waals surface area (Å²) in [5.74, 6) is -0.330. The van der Waals surface area contributed by atoms with E-state index in [2.05, 4.69) is 10.4 Å². The van der Waals surface area contributed by atoms with Crippen molar-refractivity contribution in [2.24, 2.45) is 5.10 Å². The van der Waals surface area contributed by atoms with Gasteiger partial charge in [-0.05, 0) is 16.6 Å². The fourth-order valence-corrected chi connectivity index (χ4v) is 2.93. The summed E-state index contributed by atoms with van der Waals surface area (Å²) in [5, 5.41) is 6.71. The first-order valence-corrected chi connectivity index (χ1v) is 8.27. The monoisotopic (exact) mass is 349 g/mol. The van der Waals surface area contributed by atoms with Crippen LogP contribution in [0.4, 0.5) is 4.79 Å². The van der Waals surface area contributed by atoms with Gasteiger partial charge in [0, 0.05) is 0 Å². The Labute approximate surface area is 150 Å². The molecule has 130 valence electrons. The molecule has 1 N–H and O–H groups in total. The van der Waals surface area contributed by atoms with Gasteiger partial charge in [0.2, 0.25) is 0 Å². The summed E-state index contributed by atoms with van der Waals surface area (Å²) in [6, 6.07) is 16.1. The third kappa shape index (κ3) is 3.19. The maximum atomic E-state index is 12.6. The Morgan fingerprint density at radius 2 is 2.00 bits per heavy atom. The van der Waals surface area contributed by atoms with Gasteiger partial charge >= 0.3 is 13.1 Å². The van der Waals surface area contributed by atoms with Crippen LogP contribution >= 0.6 is 0 Å². The van der Waals surface area contributed by atoms with E-state index in [1.165, 1.54) is 4.92 Å². The van der Waals surface area contributed by atoms with Gasteiger partial charge < -0.3 is 14.7 Å². The van der Waals surface area contributed by atoms with Crippen LogP contribution in [-0.4, -0.2) is 42.8 Å². The van der Waals surface area contributed by atoms with E-state index >= 15 is 0 Å². The normalized spacial score (nSPS) is 18.2. The number of alkyl carbamates (subject to hydrolysis) is 1. The zero-order chi connectivity index (χ0) is 17.9. The summed E-state index contributed by atoms with van der Waals surface area (Å²) in [5.41, 5.74) is 2.65. The topological polar surface area (TPSA) is 80.2 Å². The van der Waals surface area contributed by atoms with Gasteiger partial charge in [-0.3, -0.25) is 4.79 Å². The zero-order valence-electron chi connectivity index (χ0n) is 13.9. The highest BCUT2D eigenvalue weighted by atomic mass is 16.5. The van der Waals surface area contributed by atoms with Gasteiger partial charge in [-0.2, -0.15) is 5.10 Å². The van der Waals surface area contributed by atoms with Crippen molar-refractivity contribution in [3.63, 3.8) is 0 Å². The van der Waals surface area contributed by atoms with Crippen LogP contribution < -0.4 is 10.8 Å². The summed E-state index contributed by atoms with van der Waals surface area (Å²) in [4.78, 5) is 25.9. The van der Waals surface area contributed by atoms with E-state index in [4.69, 9.17) is 9.39 Å². The van der Waals surface area contributed by atoms with Gasteiger partial charge in [-0.1, -0.05) is 54.6 Å². The van der Waals surface area contributed by atoms with Gasteiger partial charge in [-0.15, -0.1) is 0 Å². The van der Waals surface area contributed by atoms with Gasteiger partial charge in [-0.25, -0.2) is 9.71 Å². The average molecular weight is 349 g/mol. The summed E-state index contributed by atoms with van der Waals surface area (Å²) in [7, 11) is -0.568. The van der Waals surface area contributed by atoms with Crippen molar-refractivity contribution < 1.29 is 19.0 Å². The Balaban J connectivity index is 1.38. The molecular weight excluding hydrogens is 333 g/mol. The maximum absolute atomic E-state index is 12.6. The molecule has 0 saturated carbocycles. The number of carbonyl (C=O) groups is 2. The molecular formula is C18H16BN3O4. The predicted molar refractivity (Wildman–Crippen MR) is 95.8 cm³/mol. The molecule has 2 aliphatic heterocycles. The van der Waals surface area contributed by atoms with Gasteiger partial charge in [0.05, 0.1) is 12.8 Å². The number of carbonyl (C=O) groups excluding carboxylic acids is 2. The molecule has 2 aromatic rings. The first-order valence-electron chi connectivity index (χ1n) is 8.27. The average Bonchev–Trinajstić information content (AvgIpc) is 2.69. The Bertz CT molecular complexity index is 859. The largest absolute Gasteiger partial charge is 0.477 e. The van der Waals surface area contributed by atoms with Crippen LogP contribution in [-0.2, 0) is 20.8 Å². The number of amides is 2. The first kappa shape index (κ1) is 16.3. The Morgan fingerprint density at radius 3 is 2.85 bits per heavy atom. The summed E-state index contributed by atoms with van der Waals surface area (Å²) in [6.45, 7) is 0.191. The lowest BCUT2D eigenvalue weighted by molar-refractivity contribution is -0.132. The number of benzene rings is 2. The molecule has 0 radical (unpaired) electrons. The third-order valence-electron chi connectivity index (χ3n) is 4.25. The highest BCUT2D eigenvalue weighted by Gasteiger charge is 2.44. The molecule has 2 aliphatic rings. The number of nitrogens with one attached hydrogen (secondary N) is 1. The van der Waals surface area contributed by atoms with Gasteiger partial charge in [0.15, 0.2) is 0 Å². The second-order valence-corrected chi connectivity index (χ2v) is 6.00. The molecule has 7 nitrogen and oxygen atoms in total. The number of hydrogen-bond donors (Lipinski definition) is 1. The molecule has 8 heteroatoms. The molecule has 1 fully saturated rings. The van der Waals surface area contributed by atoms with Crippen molar-refractivity contribution in [3.05, 3.63) is 65.7 Å². The SMILES string of the molecule is O=C(N[C@H]1COB2c3ccccc3C=NN2C1=O)OCc1ccccc1. The molecule has 0 unspecified atom stereocenters. The number of ether oxygens (including phenoxy) is 1. The van der Waals surface area contributed by atoms with E-state index in [9.17, 15) is 9.59 Å². The van der Waals surface area contributed by atoms with Crippen molar-refractivity contribution >= 4 is 30.7 Å². The van der Waals surface area contributed by atoms with Crippen molar-refractivity contribution in [1.82, 2.24) is 10.2 Å². The van der Waals surface area contributed by atoms with E-state index in [1.807, 2.05) is 54.6 Å². The van der Waals surface area contributed by atoms with E-state index < -0.39 is 19.2 Å². The molecule has 0 aliphatic carbocycles. The van der Waals surface area contributed by atoms with Crippen LogP contribution in [0.15, 0.2) is 59.7 Å². The standard InChI is InChI=1S/C18H16BN3O4/c23-17-16(21-18(24)25-11-13-6-2-1-3-7-13)12-26-19-15-9-5-4-8-14(15)10-20-22(17)19/h1-10,16H,11-12H2,(H,21,24)/t16-/m0/s1. The van der Waals surface area contributed by atoms with Crippen molar-refractivity contribution in [3.8, 4) is 0 Å². The lowest BCUT2D eigenvalue weighted by atomic mass is 9.68. The quantitative estimate of drug-likeness (QED) is 0.835. The first-order chi connectivity index (χ1) is 12.7. The van der Waals surface area contributed by atoms with Crippen molar-refractivity contribution in [2.75, 3.05) is 6.61 Å². The molecule has 0 spiro atoms. The smallest absolute Gasteiger partial charge is 0.445 e. The van der Waals surface area contributed by atoms with Crippen LogP contribution in [0.2, 0.25) is 0 Å². The molecule has 2 heterocycles. The number of fused-ring (bicyclic) bond motifs is 3.